The lowest BCUT2D eigenvalue weighted by Gasteiger charge is -2.18. The summed E-state index contributed by atoms with van der Waals surface area (Å²) in [5.41, 5.74) is 4.60. The summed E-state index contributed by atoms with van der Waals surface area (Å²) in [5, 5.41) is 2.55. The van der Waals surface area contributed by atoms with E-state index < -0.39 is 18.1 Å². The van der Waals surface area contributed by atoms with Crippen LogP contribution in [0.1, 0.15) is 30.9 Å². The topological polar surface area (TPSA) is 64.6 Å². The Balaban J connectivity index is 1.62. The van der Waals surface area contributed by atoms with Crippen LogP contribution in [0.15, 0.2) is 48.5 Å². The number of carbonyl (C=O) groups is 2. The molecule has 0 bridgehead atoms. The monoisotopic (exact) mass is 399 g/mol. The molecular formula is C22H25NO4S. The van der Waals surface area contributed by atoms with E-state index in [1.807, 2.05) is 38.1 Å². The third-order valence-electron chi connectivity index (χ3n) is 4.66. The van der Waals surface area contributed by atoms with Crippen LogP contribution in [0.4, 0.5) is 4.79 Å². The van der Waals surface area contributed by atoms with E-state index in [0.29, 0.717) is 6.61 Å². The number of rotatable bonds is 7. The second kappa shape index (κ2) is 9.15. The van der Waals surface area contributed by atoms with Gasteiger partial charge in [-0.15, -0.1) is 0 Å². The second-order valence-electron chi connectivity index (χ2n) is 7.23. The number of nitrogens with one attached hydrogen (secondary N) is 1. The zero-order valence-corrected chi connectivity index (χ0v) is 16.9. The Hall–Kier alpha value is -2.47. The van der Waals surface area contributed by atoms with E-state index in [4.69, 9.17) is 9.47 Å². The number of benzene rings is 2. The van der Waals surface area contributed by atoms with E-state index in [1.54, 1.807) is 0 Å². The maximum absolute atomic E-state index is 12.3. The molecule has 0 fully saturated rings. The highest BCUT2D eigenvalue weighted by atomic mass is 32.1. The Morgan fingerprint density at radius 3 is 2.11 bits per heavy atom. The summed E-state index contributed by atoms with van der Waals surface area (Å²) in [6, 6.07) is 15.4. The maximum atomic E-state index is 12.3. The van der Waals surface area contributed by atoms with Gasteiger partial charge in [-0.25, -0.2) is 9.59 Å². The average Bonchev–Trinajstić information content (AvgIpc) is 3.02. The molecule has 0 saturated heterocycles. The zero-order valence-electron chi connectivity index (χ0n) is 16.1. The Kier molecular flexibility index (Phi) is 6.62. The summed E-state index contributed by atoms with van der Waals surface area (Å²) < 4.78 is 10.6. The highest BCUT2D eigenvalue weighted by molar-refractivity contribution is 7.80. The van der Waals surface area contributed by atoms with E-state index in [-0.39, 0.29) is 24.2 Å². The molecule has 1 atom stereocenters. The first-order valence-corrected chi connectivity index (χ1v) is 10.0. The van der Waals surface area contributed by atoms with E-state index in [0.717, 1.165) is 22.3 Å². The van der Waals surface area contributed by atoms with Crippen molar-refractivity contribution in [2.75, 3.05) is 19.0 Å². The number of esters is 1. The number of thiol groups is 1. The normalized spacial score (nSPS) is 13.6. The van der Waals surface area contributed by atoms with Crippen LogP contribution in [0.2, 0.25) is 0 Å². The molecule has 0 aromatic heterocycles. The first kappa shape index (κ1) is 20.3. The molecule has 0 radical (unpaired) electrons. The van der Waals surface area contributed by atoms with Crippen molar-refractivity contribution in [1.82, 2.24) is 5.32 Å². The maximum Gasteiger partial charge on any atom is 0.407 e. The highest BCUT2D eigenvalue weighted by Gasteiger charge is 2.29. The summed E-state index contributed by atoms with van der Waals surface area (Å²) in [6.45, 7) is 4.39. The van der Waals surface area contributed by atoms with Gasteiger partial charge in [-0.3, -0.25) is 0 Å². The SMILES string of the molecule is CC(C)COC(=O)[C@H](CS)NC(=O)OCC1c2ccccc2-c2ccccc21. The standard InChI is InChI=1S/C22H25NO4S/c1-14(2)11-26-21(24)20(13-28)23-22(25)27-12-19-17-9-5-3-7-15(17)16-8-4-6-10-18(16)19/h3-10,14,19-20,28H,11-13H2,1-2H3,(H,23,25)/t20-/m0/s1. The Morgan fingerprint density at radius 1 is 1.00 bits per heavy atom. The molecule has 2 aromatic carbocycles. The molecule has 6 heteroatoms. The molecule has 0 unspecified atom stereocenters. The van der Waals surface area contributed by atoms with Gasteiger partial charge < -0.3 is 14.8 Å². The number of alkyl carbamates (subject to hydrolysis) is 1. The Morgan fingerprint density at radius 2 is 1.57 bits per heavy atom. The van der Waals surface area contributed by atoms with Crippen molar-refractivity contribution in [2.45, 2.75) is 25.8 Å². The van der Waals surface area contributed by atoms with E-state index in [1.165, 1.54) is 0 Å². The van der Waals surface area contributed by atoms with Crippen molar-refractivity contribution in [3.63, 3.8) is 0 Å². The smallest absolute Gasteiger partial charge is 0.407 e. The van der Waals surface area contributed by atoms with Crippen LogP contribution in [0.3, 0.4) is 0 Å². The fourth-order valence-corrected chi connectivity index (χ4v) is 3.55. The molecule has 5 nitrogen and oxygen atoms in total. The molecule has 3 rings (SSSR count). The van der Waals surface area contributed by atoms with Crippen LogP contribution >= 0.6 is 12.6 Å². The number of hydrogen-bond donors (Lipinski definition) is 2. The van der Waals surface area contributed by atoms with Crippen LogP contribution in [0, 0.1) is 5.92 Å². The Bertz CT molecular complexity index is 806. The molecule has 1 amide bonds. The minimum Gasteiger partial charge on any atom is -0.464 e. The van der Waals surface area contributed by atoms with Gasteiger partial charge >= 0.3 is 12.1 Å². The first-order chi connectivity index (χ1) is 13.5. The van der Waals surface area contributed by atoms with Crippen molar-refractivity contribution in [3.8, 4) is 11.1 Å². The fourth-order valence-electron chi connectivity index (χ4n) is 3.31. The van der Waals surface area contributed by atoms with Crippen molar-refractivity contribution < 1.29 is 19.1 Å². The summed E-state index contributed by atoms with van der Waals surface area (Å²) >= 11 is 4.13. The number of amides is 1. The van der Waals surface area contributed by atoms with Crippen LogP contribution in [0.25, 0.3) is 11.1 Å². The number of fused-ring (bicyclic) bond motifs is 3. The van der Waals surface area contributed by atoms with E-state index in [2.05, 4.69) is 42.2 Å². The molecule has 28 heavy (non-hydrogen) atoms. The van der Waals surface area contributed by atoms with Gasteiger partial charge in [0.2, 0.25) is 0 Å². The third kappa shape index (κ3) is 4.50. The molecule has 1 N–H and O–H groups in total. The van der Waals surface area contributed by atoms with Crippen molar-refractivity contribution in [2.24, 2.45) is 5.92 Å². The lowest BCUT2D eigenvalue weighted by Crippen LogP contribution is -2.44. The molecule has 148 valence electrons. The van der Waals surface area contributed by atoms with Crippen LogP contribution in [0.5, 0.6) is 0 Å². The third-order valence-corrected chi connectivity index (χ3v) is 5.03. The van der Waals surface area contributed by atoms with Crippen molar-refractivity contribution in [1.29, 1.82) is 0 Å². The van der Waals surface area contributed by atoms with E-state index in [9.17, 15) is 9.59 Å². The second-order valence-corrected chi connectivity index (χ2v) is 7.59. The van der Waals surface area contributed by atoms with Gasteiger partial charge in [0, 0.05) is 11.7 Å². The minimum absolute atomic E-state index is 0.0273. The van der Waals surface area contributed by atoms with E-state index >= 15 is 0 Å². The van der Waals surface area contributed by atoms with Crippen LogP contribution in [-0.2, 0) is 14.3 Å². The summed E-state index contributed by atoms with van der Waals surface area (Å²) in [7, 11) is 0. The molecular weight excluding hydrogens is 374 g/mol. The van der Waals surface area contributed by atoms with Crippen LogP contribution < -0.4 is 5.32 Å². The summed E-state index contributed by atoms with van der Waals surface area (Å²) in [6.07, 6.45) is -0.651. The van der Waals surface area contributed by atoms with Gasteiger partial charge in [0.1, 0.15) is 12.6 Å². The quantitative estimate of drug-likeness (QED) is 0.545. The lowest BCUT2D eigenvalue weighted by atomic mass is 9.98. The summed E-state index contributed by atoms with van der Waals surface area (Å²) in [5.74, 6) is -0.169. The number of carbonyl (C=O) groups excluding carboxylic acids is 2. The van der Waals surface area contributed by atoms with Crippen LogP contribution in [-0.4, -0.2) is 37.1 Å². The predicted molar refractivity (Wildman–Crippen MR) is 112 cm³/mol. The number of ether oxygens (including phenoxy) is 2. The average molecular weight is 400 g/mol. The predicted octanol–water partition coefficient (Wildman–Crippen LogP) is 4.02. The minimum atomic E-state index is -0.835. The van der Waals surface area contributed by atoms with Gasteiger partial charge in [0.05, 0.1) is 6.61 Å². The largest absolute Gasteiger partial charge is 0.464 e. The molecule has 0 spiro atoms. The molecule has 1 aliphatic rings. The molecule has 1 aliphatic carbocycles. The van der Waals surface area contributed by atoms with Gasteiger partial charge in [0.25, 0.3) is 0 Å². The Labute approximate surface area is 170 Å². The number of hydrogen-bond acceptors (Lipinski definition) is 5. The van der Waals surface area contributed by atoms with Gasteiger partial charge in [-0.1, -0.05) is 62.4 Å². The molecule has 2 aromatic rings. The van der Waals surface area contributed by atoms with Crippen molar-refractivity contribution in [3.05, 3.63) is 59.7 Å². The van der Waals surface area contributed by atoms with Gasteiger partial charge in [0.15, 0.2) is 0 Å². The molecule has 0 heterocycles. The summed E-state index contributed by atoms with van der Waals surface area (Å²) in [4.78, 5) is 24.3. The van der Waals surface area contributed by atoms with Crippen molar-refractivity contribution >= 4 is 24.7 Å². The highest BCUT2D eigenvalue weighted by Crippen LogP contribution is 2.44. The first-order valence-electron chi connectivity index (χ1n) is 9.40. The van der Waals surface area contributed by atoms with Gasteiger partial charge in [-0.2, -0.15) is 12.6 Å². The zero-order chi connectivity index (χ0) is 20.1. The fraction of sp³-hybridized carbons (Fsp3) is 0.364. The van der Waals surface area contributed by atoms with Gasteiger partial charge in [-0.05, 0) is 28.2 Å². The molecule has 0 saturated carbocycles. The molecule has 0 aliphatic heterocycles. The lowest BCUT2D eigenvalue weighted by molar-refractivity contribution is -0.146.